The van der Waals surface area contributed by atoms with Crippen LogP contribution < -0.4 is 5.32 Å². The number of nitrogens with one attached hydrogen (secondary N) is 1. The topological polar surface area (TPSA) is 55.6 Å². The number of tetrazole rings is 1. The van der Waals surface area contributed by atoms with Crippen molar-refractivity contribution >= 4 is 44.5 Å². The van der Waals surface area contributed by atoms with Gasteiger partial charge in [0.15, 0.2) is 0 Å². The van der Waals surface area contributed by atoms with Crippen molar-refractivity contribution in [2.75, 3.05) is 5.32 Å². The highest BCUT2D eigenvalue weighted by Crippen LogP contribution is 2.38. The predicted molar refractivity (Wildman–Crippen MR) is 100 cm³/mol. The highest BCUT2D eigenvalue weighted by molar-refractivity contribution is 14.1. The third-order valence-corrected chi connectivity index (χ3v) is 5.35. The third kappa shape index (κ3) is 2.92. The molecular formula is C16H12BrFIN5. The van der Waals surface area contributed by atoms with Gasteiger partial charge in [0.2, 0.25) is 5.95 Å². The molecule has 0 fully saturated rings. The first-order chi connectivity index (χ1) is 11.6. The van der Waals surface area contributed by atoms with E-state index in [2.05, 4.69) is 83.6 Å². The van der Waals surface area contributed by atoms with E-state index in [1.165, 1.54) is 9.64 Å². The molecule has 1 aromatic heterocycles. The van der Waals surface area contributed by atoms with Crippen LogP contribution in [0.3, 0.4) is 0 Å². The summed E-state index contributed by atoms with van der Waals surface area (Å²) in [7, 11) is 0. The molecule has 122 valence electrons. The maximum atomic E-state index is 14.4. The second-order valence-electron chi connectivity index (χ2n) is 5.61. The van der Waals surface area contributed by atoms with Gasteiger partial charge in [0, 0.05) is 13.6 Å². The van der Waals surface area contributed by atoms with E-state index >= 15 is 0 Å². The molecule has 1 aliphatic rings. The van der Waals surface area contributed by atoms with Gasteiger partial charge < -0.3 is 5.32 Å². The summed E-state index contributed by atoms with van der Waals surface area (Å²) in [6, 6.07) is 13.0. The highest BCUT2D eigenvalue weighted by Gasteiger charge is 2.32. The molecule has 5 nitrogen and oxygen atoms in total. The molecule has 2 atom stereocenters. The smallest absolute Gasteiger partial charge is 0.243 e. The van der Waals surface area contributed by atoms with Crippen LogP contribution in [0.2, 0.25) is 0 Å². The first-order valence-electron chi connectivity index (χ1n) is 7.36. The molecule has 2 aromatic carbocycles. The Kier molecular flexibility index (Phi) is 4.25. The van der Waals surface area contributed by atoms with Crippen molar-refractivity contribution in [2.45, 2.75) is 18.5 Å². The van der Waals surface area contributed by atoms with Crippen LogP contribution in [0.15, 0.2) is 46.9 Å². The largest absolute Gasteiger partial charge is 0.346 e. The van der Waals surface area contributed by atoms with Crippen molar-refractivity contribution < 1.29 is 4.39 Å². The van der Waals surface area contributed by atoms with Crippen LogP contribution >= 0.6 is 38.5 Å². The van der Waals surface area contributed by atoms with Crippen molar-refractivity contribution in [3.05, 3.63) is 67.5 Å². The molecule has 0 saturated heterocycles. The molecule has 2 heterocycles. The van der Waals surface area contributed by atoms with E-state index in [4.69, 9.17) is 0 Å². The van der Waals surface area contributed by atoms with Gasteiger partial charge in [-0.1, -0.05) is 33.2 Å². The van der Waals surface area contributed by atoms with Crippen molar-refractivity contribution in [2.24, 2.45) is 0 Å². The Morgan fingerprint density at radius 2 is 2.00 bits per heavy atom. The quantitative estimate of drug-likeness (QED) is 0.533. The van der Waals surface area contributed by atoms with Gasteiger partial charge in [-0.05, 0) is 75.3 Å². The fourth-order valence-corrected chi connectivity index (χ4v) is 3.72. The number of rotatable bonds is 2. The minimum Gasteiger partial charge on any atom is -0.346 e. The number of aromatic nitrogens is 4. The zero-order valence-corrected chi connectivity index (χ0v) is 16.1. The highest BCUT2D eigenvalue weighted by atomic mass is 127. The Balaban J connectivity index is 1.76. The summed E-state index contributed by atoms with van der Waals surface area (Å²) in [6.45, 7) is 0. The average Bonchev–Trinajstić information content (AvgIpc) is 3.05. The van der Waals surface area contributed by atoms with E-state index in [9.17, 15) is 4.39 Å². The molecule has 0 bridgehead atoms. The fourth-order valence-electron chi connectivity index (χ4n) is 2.98. The van der Waals surface area contributed by atoms with E-state index in [1.54, 1.807) is 16.8 Å². The summed E-state index contributed by atoms with van der Waals surface area (Å²) < 4.78 is 18.1. The molecule has 0 saturated carbocycles. The van der Waals surface area contributed by atoms with Gasteiger partial charge in [0.1, 0.15) is 5.82 Å². The zero-order valence-electron chi connectivity index (χ0n) is 12.3. The van der Waals surface area contributed by atoms with Crippen molar-refractivity contribution in [3.8, 4) is 0 Å². The van der Waals surface area contributed by atoms with Crippen molar-refractivity contribution in [1.29, 1.82) is 0 Å². The maximum absolute atomic E-state index is 14.4. The zero-order chi connectivity index (χ0) is 16.7. The average molecular weight is 500 g/mol. The first-order valence-corrected chi connectivity index (χ1v) is 9.24. The first kappa shape index (κ1) is 15.9. The number of hydrogen-bond donors (Lipinski definition) is 1. The summed E-state index contributed by atoms with van der Waals surface area (Å²) in [4.78, 5) is 0. The molecule has 0 radical (unpaired) electrons. The normalized spacial score (nSPS) is 19.6. The van der Waals surface area contributed by atoms with Gasteiger partial charge >= 0.3 is 0 Å². The second kappa shape index (κ2) is 6.40. The van der Waals surface area contributed by atoms with Gasteiger partial charge in [0.25, 0.3) is 0 Å². The Morgan fingerprint density at radius 3 is 2.79 bits per heavy atom. The number of fused-ring (bicyclic) bond motifs is 1. The van der Waals surface area contributed by atoms with Gasteiger partial charge in [0.05, 0.1) is 12.1 Å². The lowest BCUT2D eigenvalue weighted by molar-refractivity contribution is 0.409. The second-order valence-corrected chi connectivity index (χ2v) is 7.77. The monoisotopic (exact) mass is 499 g/mol. The lowest BCUT2D eigenvalue weighted by atomic mass is 9.93. The number of hydrogen-bond acceptors (Lipinski definition) is 4. The number of anilines is 1. The summed E-state index contributed by atoms with van der Waals surface area (Å²) in [5.41, 5.74) is 1.71. The predicted octanol–water partition coefficient (Wildman–Crippen LogP) is 4.33. The SMILES string of the molecule is Fc1ccc(Br)cc1[C@@H]1C[C@@H](c2ccc(I)cc2)Nc2nnnn21. The van der Waals surface area contributed by atoms with Crippen LogP contribution in [0.4, 0.5) is 10.3 Å². The molecule has 1 aliphatic heterocycles. The van der Waals surface area contributed by atoms with Crippen LogP contribution in [-0.2, 0) is 0 Å². The Morgan fingerprint density at radius 1 is 1.21 bits per heavy atom. The molecular weight excluding hydrogens is 488 g/mol. The molecule has 1 N–H and O–H groups in total. The number of halogens is 3. The molecule has 4 rings (SSSR count). The Hall–Kier alpha value is -1.55. The fraction of sp³-hybridized carbons (Fsp3) is 0.188. The van der Waals surface area contributed by atoms with Crippen LogP contribution in [0, 0.1) is 9.39 Å². The Bertz CT molecular complexity index is 882. The molecule has 24 heavy (non-hydrogen) atoms. The third-order valence-electron chi connectivity index (χ3n) is 4.14. The summed E-state index contributed by atoms with van der Waals surface area (Å²) >= 11 is 5.69. The van der Waals surface area contributed by atoms with Gasteiger partial charge in [-0.3, -0.25) is 0 Å². The van der Waals surface area contributed by atoms with Crippen LogP contribution in [0.1, 0.15) is 29.6 Å². The van der Waals surface area contributed by atoms with Gasteiger partial charge in [-0.25, -0.2) is 9.07 Å². The van der Waals surface area contributed by atoms with Crippen LogP contribution in [-0.4, -0.2) is 20.2 Å². The van der Waals surface area contributed by atoms with Crippen molar-refractivity contribution in [1.82, 2.24) is 20.2 Å². The minimum absolute atomic E-state index is 0.0175. The molecule has 8 heteroatoms. The summed E-state index contributed by atoms with van der Waals surface area (Å²) in [6.07, 6.45) is 0.659. The molecule has 0 spiro atoms. The molecule has 3 aromatic rings. The van der Waals surface area contributed by atoms with E-state index in [0.717, 1.165) is 10.0 Å². The Labute approximate surface area is 159 Å². The van der Waals surface area contributed by atoms with E-state index in [-0.39, 0.29) is 17.9 Å². The van der Waals surface area contributed by atoms with E-state index in [1.807, 2.05) is 0 Å². The number of benzene rings is 2. The van der Waals surface area contributed by atoms with Crippen LogP contribution in [0.5, 0.6) is 0 Å². The van der Waals surface area contributed by atoms with Crippen molar-refractivity contribution in [3.63, 3.8) is 0 Å². The van der Waals surface area contributed by atoms with E-state index in [0.29, 0.717) is 17.9 Å². The van der Waals surface area contributed by atoms with Gasteiger partial charge in [-0.2, -0.15) is 0 Å². The molecule has 0 unspecified atom stereocenters. The summed E-state index contributed by atoms with van der Waals surface area (Å²) in [5.74, 6) is 0.294. The lowest BCUT2D eigenvalue weighted by Gasteiger charge is -2.31. The van der Waals surface area contributed by atoms with E-state index < -0.39 is 0 Å². The van der Waals surface area contributed by atoms with Gasteiger partial charge in [-0.15, -0.1) is 0 Å². The standard InChI is InChI=1S/C16H12BrFIN5/c17-10-3-6-13(18)12(7-10)15-8-14(9-1-4-11(19)5-2-9)20-16-21-22-23-24(15)16/h1-7,14-15H,8H2,(H,20,21,23)/t14-,15-/m0/s1. The molecule has 0 amide bonds. The maximum Gasteiger partial charge on any atom is 0.243 e. The lowest BCUT2D eigenvalue weighted by Crippen LogP contribution is -2.28. The molecule has 0 aliphatic carbocycles. The summed E-state index contributed by atoms with van der Waals surface area (Å²) in [5, 5.41) is 15.1. The number of nitrogens with zero attached hydrogens (tertiary/aromatic N) is 4. The van der Waals surface area contributed by atoms with Crippen LogP contribution in [0.25, 0.3) is 0 Å². The minimum atomic E-state index is -0.266.